The Morgan fingerprint density at radius 3 is 2.78 bits per heavy atom. The van der Waals surface area contributed by atoms with Crippen LogP contribution in [0.3, 0.4) is 0 Å². The minimum absolute atomic E-state index is 0.0621. The van der Waals surface area contributed by atoms with Crippen molar-refractivity contribution in [3.8, 4) is 0 Å². The number of benzene rings is 1. The third-order valence-corrected chi connectivity index (χ3v) is 5.70. The SMILES string of the molecule is O=C(NCc1cccs1)N1CC(N2CCc3ccccc3C2)C1. The van der Waals surface area contributed by atoms with Gasteiger partial charge in [0, 0.05) is 37.1 Å². The van der Waals surface area contributed by atoms with Crippen LogP contribution < -0.4 is 5.32 Å². The first-order valence-electron chi connectivity index (χ1n) is 8.15. The van der Waals surface area contributed by atoms with Gasteiger partial charge in [-0.05, 0) is 29.0 Å². The van der Waals surface area contributed by atoms with Gasteiger partial charge in [0.25, 0.3) is 0 Å². The first kappa shape index (κ1) is 14.7. The quantitative estimate of drug-likeness (QED) is 0.941. The predicted molar refractivity (Wildman–Crippen MR) is 92.5 cm³/mol. The van der Waals surface area contributed by atoms with Crippen LogP contribution in [0, 0.1) is 0 Å². The number of hydrogen-bond acceptors (Lipinski definition) is 3. The van der Waals surface area contributed by atoms with Crippen molar-refractivity contribution in [2.45, 2.75) is 25.6 Å². The highest BCUT2D eigenvalue weighted by molar-refractivity contribution is 7.09. The molecule has 0 radical (unpaired) electrons. The molecule has 1 aromatic carbocycles. The largest absolute Gasteiger partial charge is 0.333 e. The number of amides is 2. The number of urea groups is 1. The number of likely N-dealkylation sites (tertiary alicyclic amines) is 1. The van der Waals surface area contributed by atoms with E-state index in [1.165, 1.54) is 16.0 Å². The van der Waals surface area contributed by atoms with Gasteiger partial charge in [0.05, 0.1) is 6.54 Å². The molecule has 1 aromatic heterocycles. The van der Waals surface area contributed by atoms with Crippen LogP contribution in [-0.2, 0) is 19.5 Å². The summed E-state index contributed by atoms with van der Waals surface area (Å²) in [6, 6.07) is 13.3. The molecule has 23 heavy (non-hydrogen) atoms. The van der Waals surface area contributed by atoms with Crippen molar-refractivity contribution in [3.63, 3.8) is 0 Å². The Bertz CT molecular complexity index is 679. The lowest BCUT2D eigenvalue weighted by molar-refractivity contribution is 0.0482. The maximum absolute atomic E-state index is 12.1. The molecule has 2 aromatic rings. The summed E-state index contributed by atoms with van der Waals surface area (Å²) in [6.07, 6.45) is 1.12. The van der Waals surface area contributed by atoms with Gasteiger partial charge in [-0.1, -0.05) is 30.3 Å². The highest BCUT2D eigenvalue weighted by Crippen LogP contribution is 2.24. The summed E-state index contributed by atoms with van der Waals surface area (Å²) in [5.41, 5.74) is 2.92. The number of rotatable bonds is 3. The smallest absolute Gasteiger partial charge is 0.317 e. The maximum Gasteiger partial charge on any atom is 0.317 e. The molecule has 0 unspecified atom stereocenters. The summed E-state index contributed by atoms with van der Waals surface area (Å²) >= 11 is 1.68. The molecule has 1 fully saturated rings. The van der Waals surface area contributed by atoms with E-state index in [4.69, 9.17) is 0 Å². The number of thiophene rings is 1. The van der Waals surface area contributed by atoms with E-state index in [1.54, 1.807) is 11.3 Å². The molecule has 5 heteroatoms. The van der Waals surface area contributed by atoms with Crippen LogP contribution in [0.2, 0.25) is 0 Å². The lowest BCUT2D eigenvalue weighted by Gasteiger charge is -2.46. The monoisotopic (exact) mass is 327 g/mol. The van der Waals surface area contributed by atoms with Crippen LogP contribution in [0.1, 0.15) is 16.0 Å². The van der Waals surface area contributed by atoms with Crippen LogP contribution in [0.25, 0.3) is 0 Å². The zero-order valence-electron chi connectivity index (χ0n) is 13.1. The number of fused-ring (bicyclic) bond motifs is 1. The molecule has 1 saturated heterocycles. The van der Waals surface area contributed by atoms with Gasteiger partial charge in [0.15, 0.2) is 0 Å². The van der Waals surface area contributed by atoms with E-state index in [9.17, 15) is 4.79 Å². The van der Waals surface area contributed by atoms with Gasteiger partial charge in [-0.2, -0.15) is 0 Å². The number of nitrogens with zero attached hydrogens (tertiary/aromatic N) is 2. The Morgan fingerprint density at radius 1 is 1.17 bits per heavy atom. The third kappa shape index (κ3) is 3.12. The lowest BCUT2D eigenvalue weighted by atomic mass is 9.97. The first-order chi connectivity index (χ1) is 11.3. The molecular formula is C18H21N3OS. The van der Waals surface area contributed by atoms with Gasteiger partial charge in [-0.15, -0.1) is 11.3 Å². The summed E-state index contributed by atoms with van der Waals surface area (Å²) in [5.74, 6) is 0. The van der Waals surface area contributed by atoms with Gasteiger partial charge in [-0.25, -0.2) is 4.79 Å². The van der Waals surface area contributed by atoms with Crippen molar-refractivity contribution in [2.24, 2.45) is 0 Å². The fraction of sp³-hybridized carbons (Fsp3) is 0.389. The molecule has 3 heterocycles. The van der Waals surface area contributed by atoms with Gasteiger partial charge in [0.2, 0.25) is 0 Å². The second-order valence-electron chi connectivity index (χ2n) is 6.29. The number of carbonyl (C=O) groups excluding carboxylic acids is 1. The van der Waals surface area contributed by atoms with E-state index in [0.29, 0.717) is 12.6 Å². The maximum atomic E-state index is 12.1. The van der Waals surface area contributed by atoms with Crippen molar-refractivity contribution >= 4 is 17.4 Å². The van der Waals surface area contributed by atoms with Crippen LogP contribution in [0.5, 0.6) is 0 Å². The second kappa shape index (κ2) is 6.34. The summed E-state index contributed by atoms with van der Waals surface area (Å²) in [6.45, 7) is 4.45. The van der Waals surface area contributed by atoms with Crippen LogP contribution in [-0.4, -0.2) is 41.5 Å². The zero-order chi connectivity index (χ0) is 15.6. The number of hydrogen-bond donors (Lipinski definition) is 1. The highest BCUT2D eigenvalue weighted by Gasteiger charge is 2.35. The molecule has 0 aliphatic carbocycles. The Morgan fingerprint density at radius 2 is 2.00 bits per heavy atom. The average molecular weight is 327 g/mol. The van der Waals surface area contributed by atoms with Gasteiger partial charge in [-0.3, -0.25) is 4.90 Å². The molecule has 0 atom stereocenters. The average Bonchev–Trinajstić information content (AvgIpc) is 3.05. The molecule has 0 saturated carbocycles. The molecule has 120 valence electrons. The Balaban J connectivity index is 1.26. The van der Waals surface area contributed by atoms with E-state index >= 15 is 0 Å². The van der Waals surface area contributed by atoms with Gasteiger partial charge in [0.1, 0.15) is 0 Å². The summed E-state index contributed by atoms with van der Waals surface area (Å²) in [7, 11) is 0. The molecule has 4 nitrogen and oxygen atoms in total. The van der Waals surface area contributed by atoms with Crippen molar-refractivity contribution < 1.29 is 4.79 Å². The molecule has 2 amide bonds. The third-order valence-electron chi connectivity index (χ3n) is 4.82. The number of carbonyl (C=O) groups is 1. The van der Waals surface area contributed by atoms with Crippen molar-refractivity contribution in [2.75, 3.05) is 19.6 Å². The molecule has 2 aliphatic rings. The van der Waals surface area contributed by atoms with Crippen LogP contribution in [0.4, 0.5) is 4.79 Å². The molecular weight excluding hydrogens is 306 g/mol. The predicted octanol–water partition coefficient (Wildman–Crippen LogP) is 2.70. The standard InChI is InChI=1S/C18H21N3OS/c22-18(19-10-17-6-3-9-23-17)21-12-16(13-21)20-8-7-14-4-1-2-5-15(14)11-20/h1-6,9,16H,7-8,10-13H2,(H,19,22). The fourth-order valence-corrected chi connectivity index (χ4v) is 4.01. The molecule has 4 rings (SSSR count). The van der Waals surface area contributed by atoms with E-state index in [1.807, 2.05) is 16.3 Å². The molecule has 1 N–H and O–H groups in total. The Labute approximate surface area is 140 Å². The van der Waals surface area contributed by atoms with Crippen LogP contribution >= 0.6 is 11.3 Å². The summed E-state index contributed by atoms with van der Waals surface area (Å²) in [5, 5.41) is 5.04. The van der Waals surface area contributed by atoms with Gasteiger partial charge < -0.3 is 10.2 Å². The molecule has 0 bridgehead atoms. The normalized spacial score (nSPS) is 18.3. The molecule has 2 aliphatic heterocycles. The minimum atomic E-state index is 0.0621. The first-order valence-corrected chi connectivity index (χ1v) is 9.03. The van der Waals surface area contributed by atoms with E-state index in [2.05, 4.69) is 40.5 Å². The van der Waals surface area contributed by atoms with Gasteiger partial charge >= 0.3 is 6.03 Å². The van der Waals surface area contributed by atoms with E-state index < -0.39 is 0 Å². The number of nitrogens with one attached hydrogen (secondary N) is 1. The molecule has 0 spiro atoms. The summed E-state index contributed by atoms with van der Waals surface area (Å²) in [4.78, 5) is 17.8. The second-order valence-corrected chi connectivity index (χ2v) is 7.32. The highest BCUT2D eigenvalue weighted by atomic mass is 32.1. The zero-order valence-corrected chi connectivity index (χ0v) is 13.9. The van der Waals surface area contributed by atoms with Crippen LogP contribution in [0.15, 0.2) is 41.8 Å². The van der Waals surface area contributed by atoms with Crippen molar-refractivity contribution in [1.29, 1.82) is 0 Å². The lowest BCUT2D eigenvalue weighted by Crippen LogP contribution is -2.63. The van der Waals surface area contributed by atoms with E-state index in [0.717, 1.165) is 32.6 Å². The fourth-order valence-electron chi connectivity index (χ4n) is 3.37. The topological polar surface area (TPSA) is 35.6 Å². The Hall–Kier alpha value is -1.85. The van der Waals surface area contributed by atoms with Crippen molar-refractivity contribution in [1.82, 2.24) is 15.1 Å². The van der Waals surface area contributed by atoms with E-state index in [-0.39, 0.29) is 6.03 Å². The van der Waals surface area contributed by atoms with Crippen molar-refractivity contribution in [3.05, 3.63) is 57.8 Å². The summed E-state index contributed by atoms with van der Waals surface area (Å²) < 4.78 is 0. The minimum Gasteiger partial charge on any atom is -0.333 e. The Kier molecular flexibility index (Phi) is 4.06.